The predicted molar refractivity (Wildman–Crippen MR) is 107 cm³/mol. The largest absolute Gasteiger partial charge is 0.370 e. The molecule has 130 valence electrons. The van der Waals surface area contributed by atoms with E-state index in [1.165, 1.54) is 32.1 Å². The highest BCUT2D eigenvalue weighted by Crippen LogP contribution is 2.05. The Morgan fingerprint density at radius 2 is 1.65 bits per heavy atom. The lowest BCUT2D eigenvalue weighted by atomic mass is 10.1. The Labute approximate surface area is 156 Å². The Bertz CT molecular complexity index is 474. The fourth-order valence-electron chi connectivity index (χ4n) is 2.13. The van der Waals surface area contributed by atoms with Crippen molar-refractivity contribution in [2.45, 2.75) is 52.0 Å². The van der Waals surface area contributed by atoms with Gasteiger partial charge in [-0.25, -0.2) is 4.99 Å². The number of carbonyl (C=O) groups excluding carboxylic acids is 1. The Morgan fingerprint density at radius 1 is 1.04 bits per heavy atom. The Morgan fingerprint density at radius 3 is 2.26 bits per heavy atom. The van der Waals surface area contributed by atoms with Crippen LogP contribution in [0.3, 0.4) is 0 Å². The van der Waals surface area contributed by atoms with Gasteiger partial charge in [-0.2, -0.15) is 0 Å². The van der Waals surface area contributed by atoms with Crippen molar-refractivity contribution in [1.29, 1.82) is 0 Å². The van der Waals surface area contributed by atoms with Crippen molar-refractivity contribution in [2.24, 2.45) is 16.5 Å². The van der Waals surface area contributed by atoms with Crippen molar-refractivity contribution >= 4 is 35.8 Å². The summed E-state index contributed by atoms with van der Waals surface area (Å²) >= 11 is 0. The minimum atomic E-state index is -0.421. The van der Waals surface area contributed by atoms with E-state index in [4.69, 9.17) is 11.5 Å². The normalized spacial score (nSPS) is 10.9. The number of benzene rings is 1. The van der Waals surface area contributed by atoms with Crippen LogP contribution in [0.5, 0.6) is 0 Å². The molecule has 23 heavy (non-hydrogen) atoms. The molecular weight excluding hydrogens is 403 g/mol. The molecule has 0 aliphatic carbocycles. The second-order valence-corrected chi connectivity index (χ2v) is 5.46. The van der Waals surface area contributed by atoms with Crippen molar-refractivity contribution < 1.29 is 4.79 Å². The molecule has 1 aromatic carbocycles. The summed E-state index contributed by atoms with van der Waals surface area (Å²) in [6.07, 6.45) is 7.56. The van der Waals surface area contributed by atoms with Crippen LogP contribution in [-0.4, -0.2) is 18.4 Å². The molecule has 0 saturated heterocycles. The molecule has 0 saturated carbocycles. The molecule has 0 aliphatic rings. The van der Waals surface area contributed by atoms with Gasteiger partial charge in [0.1, 0.15) is 0 Å². The van der Waals surface area contributed by atoms with E-state index in [1.807, 2.05) is 12.1 Å². The summed E-state index contributed by atoms with van der Waals surface area (Å²) < 4.78 is 0. The van der Waals surface area contributed by atoms with E-state index in [0.29, 0.717) is 18.1 Å². The standard InChI is InChI=1S/C17H28N4O.HI/c1-2-3-4-5-6-7-12-20-17(19)21-13-14-8-10-15(11-9-14)16(18)22;/h8-11H,2-7,12-13H2,1H3,(H2,18,22)(H3,19,20,21);1H. The summed E-state index contributed by atoms with van der Waals surface area (Å²) in [5.41, 5.74) is 12.5. The van der Waals surface area contributed by atoms with E-state index in [-0.39, 0.29) is 24.0 Å². The molecule has 0 aromatic heterocycles. The number of nitrogens with one attached hydrogen (secondary N) is 1. The first-order valence-electron chi connectivity index (χ1n) is 8.06. The fourth-order valence-corrected chi connectivity index (χ4v) is 2.13. The average Bonchev–Trinajstić information content (AvgIpc) is 2.52. The van der Waals surface area contributed by atoms with Gasteiger partial charge in [0.15, 0.2) is 5.96 Å². The first-order chi connectivity index (χ1) is 10.6. The van der Waals surface area contributed by atoms with Crippen LogP contribution in [0.15, 0.2) is 29.3 Å². The third-order valence-corrected chi connectivity index (χ3v) is 3.51. The number of nitrogens with zero attached hydrogens (tertiary/aromatic N) is 1. The van der Waals surface area contributed by atoms with Gasteiger partial charge in [-0.15, -0.1) is 24.0 Å². The van der Waals surface area contributed by atoms with Gasteiger partial charge >= 0.3 is 0 Å². The molecule has 0 aliphatic heterocycles. The quantitative estimate of drug-likeness (QED) is 0.230. The molecule has 0 radical (unpaired) electrons. The third kappa shape index (κ3) is 10.1. The number of aliphatic imine (C=N–C) groups is 1. The van der Waals surface area contributed by atoms with Crippen LogP contribution in [0, 0.1) is 0 Å². The van der Waals surface area contributed by atoms with Gasteiger partial charge in [-0.3, -0.25) is 4.79 Å². The number of nitrogens with two attached hydrogens (primary N) is 2. The molecular formula is C17H29IN4O. The Kier molecular flexibility index (Phi) is 12.4. The van der Waals surface area contributed by atoms with Crippen molar-refractivity contribution in [1.82, 2.24) is 5.32 Å². The van der Waals surface area contributed by atoms with E-state index < -0.39 is 5.91 Å². The number of unbranched alkanes of at least 4 members (excludes halogenated alkanes) is 5. The molecule has 1 aromatic rings. The highest BCUT2D eigenvalue weighted by Gasteiger charge is 1.99. The first kappa shape index (κ1) is 21.7. The van der Waals surface area contributed by atoms with Crippen LogP contribution in [0.25, 0.3) is 0 Å². The third-order valence-electron chi connectivity index (χ3n) is 3.51. The predicted octanol–water partition coefficient (Wildman–Crippen LogP) is 3.17. The summed E-state index contributed by atoms with van der Waals surface area (Å²) in [6, 6.07) is 7.08. The van der Waals surface area contributed by atoms with Crippen molar-refractivity contribution in [2.75, 3.05) is 6.54 Å². The van der Waals surface area contributed by atoms with E-state index in [1.54, 1.807) is 12.1 Å². The lowest BCUT2D eigenvalue weighted by Crippen LogP contribution is -2.32. The summed E-state index contributed by atoms with van der Waals surface area (Å²) in [7, 11) is 0. The zero-order valence-corrected chi connectivity index (χ0v) is 16.2. The molecule has 6 heteroatoms. The lowest BCUT2D eigenvalue weighted by molar-refractivity contribution is 0.100. The Balaban J connectivity index is 0.00000484. The molecule has 0 heterocycles. The number of hydrogen-bond acceptors (Lipinski definition) is 2. The van der Waals surface area contributed by atoms with E-state index in [9.17, 15) is 4.79 Å². The highest BCUT2D eigenvalue weighted by atomic mass is 127. The monoisotopic (exact) mass is 432 g/mol. The van der Waals surface area contributed by atoms with Gasteiger partial charge in [-0.1, -0.05) is 51.2 Å². The second-order valence-electron chi connectivity index (χ2n) is 5.46. The minimum absolute atomic E-state index is 0. The summed E-state index contributed by atoms with van der Waals surface area (Å²) in [6.45, 7) is 3.58. The molecule has 1 rings (SSSR count). The van der Waals surface area contributed by atoms with E-state index in [2.05, 4.69) is 17.2 Å². The molecule has 0 bridgehead atoms. The highest BCUT2D eigenvalue weighted by molar-refractivity contribution is 14.0. The average molecular weight is 432 g/mol. The van der Waals surface area contributed by atoms with Crippen molar-refractivity contribution in [3.05, 3.63) is 35.4 Å². The SMILES string of the molecule is CCCCCCCCNC(N)=NCc1ccc(C(N)=O)cc1.I. The minimum Gasteiger partial charge on any atom is -0.370 e. The lowest BCUT2D eigenvalue weighted by Gasteiger charge is -2.06. The summed E-state index contributed by atoms with van der Waals surface area (Å²) in [4.78, 5) is 15.3. The number of guanidine groups is 1. The van der Waals surface area contributed by atoms with Crippen LogP contribution < -0.4 is 16.8 Å². The summed E-state index contributed by atoms with van der Waals surface area (Å²) in [5.74, 6) is 0.0442. The zero-order chi connectivity index (χ0) is 16.2. The van der Waals surface area contributed by atoms with Crippen LogP contribution in [-0.2, 0) is 6.54 Å². The number of rotatable bonds is 10. The van der Waals surface area contributed by atoms with Gasteiger partial charge in [-0.05, 0) is 24.1 Å². The Hall–Kier alpha value is -1.31. The van der Waals surface area contributed by atoms with Gasteiger partial charge in [0.05, 0.1) is 6.54 Å². The molecule has 5 nitrogen and oxygen atoms in total. The fraction of sp³-hybridized carbons (Fsp3) is 0.529. The number of amides is 1. The summed E-state index contributed by atoms with van der Waals surface area (Å²) in [5, 5.41) is 3.13. The van der Waals surface area contributed by atoms with Crippen molar-refractivity contribution in [3.63, 3.8) is 0 Å². The van der Waals surface area contributed by atoms with Crippen LogP contribution in [0.4, 0.5) is 0 Å². The number of carbonyl (C=O) groups is 1. The van der Waals surface area contributed by atoms with E-state index in [0.717, 1.165) is 18.5 Å². The zero-order valence-electron chi connectivity index (χ0n) is 13.9. The van der Waals surface area contributed by atoms with Crippen LogP contribution in [0.1, 0.15) is 61.4 Å². The number of hydrogen-bond donors (Lipinski definition) is 3. The molecule has 5 N–H and O–H groups in total. The van der Waals surface area contributed by atoms with Gasteiger partial charge in [0.2, 0.25) is 5.91 Å². The van der Waals surface area contributed by atoms with Crippen molar-refractivity contribution in [3.8, 4) is 0 Å². The smallest absolute Gasteiger partial charge is 0.248 e. The first-order valence-corrected chi connectivity index (χ1v) is 8.06. The maximum absolute atomic E-state index is 11.0. The number of halogens is 1. The van der Waals surface area contributed by atoms with Gasteiger partial charge < -0.3 is 16.8 Å². The molecule has 0 spiro atoms. The van der Waals surface area contributed by atoms with Crippen LogP contribution in [0.2, 0.25) is 0 Å². The molecule has 1 amide bonds. The molecule has 0 unspecified atom stereocenters. The molecule has 0 atom stereocenters. The number of primary amides is 1. The van der Waals surface area contributed by atoms with E-state index >= 15 is 0 Å². The van der Waals surface area contributed by atoms with Crippen LogP contribution >= 0.6 is 24.0 Å². The maximum atomic E-state index is 11.0. The topological polar surface area (TPSA) is 93.5 Å². The van der Waals surface area contributed by atoms with Gasteiger partial charge in [0, 0.05) is 12.1 Å². The second kappa shape index (κ2) is 13.2. The molecule has 0 fully saturated rings. The van der Waals surface area contributed by atoms with Gasteiger partial charge in [0.25, 0.3) is 0 Å². The maximum Gasteiger partial charge on any atom is 0.248 e.